The molecule has 1 aromatic carbocycles. The maximum absolute atomic E-state index is 12.7. The molecular weight excluding hydrogens is 269 g/mol. The summed E-state index contributed by atoms with van der Waals surface area (Å²) < 4.78 is 36.7. The Morgan fingerprint density at radius 1 is 1.26 bits per heavy atom. The van der Waals surface area contributed by atoms with Crippen molar-refractivity contribution in [1.29, 1.82) is 0 Å². The van der Waals surface area contributed by atoms with Crippen LogP contribution in [0.2, 0.25) is 0 Å². The van der Waals surface area contributed by atoms with Crippen LogP contribution >= 0.6 is 0 Å². The number of aliphatic hydroxyl groups excluding tert-OH is 1. The van der Waals surface area contributed by atoms with E-state index in [2.05, 4.69) is 5.32 Å². The Bertz CT molecular complexity index is 506. The molecule has 0 aliphatic rings. The minimum absolute atomic E-state index is 0.0173. The first-order valence-corrected chi connectivity index (χ1v) is 7.67. The monoisotopic (exact) mass is 289 g/mol. The van der Waals surface area contributed by atoms with Gasteiger partial charge in [-0.1, -0.05) is 0 Å². The van der Waals surface area contributed by atoms with Crippen molar-refractivity contribution in [2.45, 2.75) is 37.3 Å². The summed E-state index contributed by atoms with van der Waals surface area (Å²) in [5, 5.41) is 12.8. The van der Waals surface area contributed by atoms with E-state index in [-0.39, 0.29) is 22.7 Å². The lowest BCUT2D eigenvalue weighted by Crippen LogP contribution is -2.42. The van der Waals surface area contributed by atoms with Crippen LogP contribution in [-0.4, -0.2) is 37.5 Å². The maximum Gasteiger partial charge on any atom is 0.180 e. The van der Waals surface area contributed by atoms with Crippen molar-refractivity contribution in [2.24, 2.45) is 0 Å². The van der Waals surface area contributed by atoms with Crippen LogP contribution in [0.15, 0.2) is 29.2 Å². The van der Waals surface area contributed by atoms with Crippen molar-refractivity contribution < 1.29 is 17.9 Å². The minimum atomic E-state index is -3.60. The molecule has 1 aromatic rings. The SMILES string of the molecule is CC(C)(C)NCC(O)CS(=O)(=O)c1ccc(F)cc1. The molecule has 0 heterocycles. The molecule has 1 rings (SSSR count). The molecule has 0 radical (unpaired) electrons. The molecule has 4 nitrogen and oxygen atoms in total. The lowest BCUT2D eigenvalue weighted by atomic mass is 10.1. The summed E-state index contributed by atoms with van der Waals surface area (Å²) in [6, 6.07) is 4.59. The Labute approximate surface area is 113 Å². The van der Waals surface area contributed by atoms with Gasteiger partial charge in [-0.25, -0.2) is 12.8 Å². The molecule has 6 heteroatoms. The van der Waals surface area contributed by atoms with Crippen LogP contribution < -0.4 is 5.32 Å². The molecule has 0 saturated carbocycles. The molecule has 2 N–H and O–H groups in total. The van der Waals surface area contributed by atoms with Gasteiger partial charge in [0.25, 0.3) is 0 Å². The van der Waals surface area contributed by atoms with Crippen molar-refractivity contribution in [3.63, 3.8) is 0 Å². The third kappa shape index (κ3) is 5.67. The van der Waals surface area contributed by atoms with Gasteiger partial charge in [-0.2, -0.15) is 0 Å². The normalized spacial score (nSPS) is 14.4. The topological polar surface area (TPSA) is 66.4 Å². The van der Waals surface area contributed by atoms with Gasteiger partial charge in [-0.05, 0) is 45.0 Å². The van der Waals surface area contributed by atoms with E-state index >= 15 is 0 Å². The molecule has 1 atom stereocenters. The number of sulfone groups is 1. The number of halogens is 1. The van der Waals surface area contributed by atoms with E-state index in [9.17, 15) is 17.9 Å². The average Bonchev–Trinajstić information content (AvgIpc) is 2.25. The van der Waals surface area contributed by atoms with Gasteiger partial charge in [-0.3, -0.25) is 0 Å². The predicted octanol–water partition coefficient (Wildman–Crippen LogP) is 1.35. The zero-order chi connectivity index (χ0) is 14.7. The van der Waals surface area contributed by atoms with Crippen molar-refractivity contribution in [1.82, 2.24) is 5.32 Å². The van der Waals surface area contributed by atoms with Gasteiger partial charge < -0.3 is 10.4 Å². The molecule has 0 fully saturated rings. The van der Waals surface area contributed by atoms with Crippen LogP contribution in [0.25, 0.3) is 0 Å². The smallest absolute Gasteiger partial charge is 0.180 e. The van der Waals surface area contributed by atoms with Gasteiger partial charge in [0.2, 0.25) is 0 Å². The third-order valence-corrected chi connectivity index (χ3v) is 4.27. The molecule has 0 amide bonds. The first-order chi connectivity index (χ1) is 8.60. The van der Waals surface area contributed by atoms with Crippen LogP contribution in [0.5, 0.6) is 0 Å². The summed E-state index contributed by atoms with van der Waals surface area (Å²) in [4.78, 5) is 0.0173. The number of hydrogen-bond donors (Lipinski definition) is 2. The second-order valence-corrected chi connectivity index (χ2v) is 7.55. The van der Waals surface area contributed by atoms with Crippen molar-refractivity contribution in [3.8, 4) is 0 Å². The molecule has 108 valence electrons. The number of benzene rings is 1. The highest BCUT2D eigenvalue weighted by Crippen LogP contribution is 2.13. The molecule has 0 aromatic heterocycles. The zero-order valence-corrected chi connectivity index (χ0v) is 12.2. The van der Waals surface area contributed by atoms with Crippen LogP contribution in [0.4, 0.5) is 4.39 Å². The average molecular weight is 289 g/mol. The molecular formula is C13H20FNO3S. The Morgan fingerprint density at radius 2 is 1.79 bits per heavy atom. The maximum atomic E-state index is 12.7. The summed E-state index contributed by atoms with van der Waals surface area (Å²) in [6.07, 6.45) is -1.01. The summed E-state index contributed by atoms with van der Waals surface area (Å²) in [5.41, 5.74) is -0.194. The highest BCUT2D eigenvalue weighted by atomic mass is 32.2. The highest BCUT2D eigenvalue weighted by Gasteiger charge is 2.21. The van der Waals surface area contributed by atoms with Crippen molar-refractivity contribution >= 4 is 9.84 Å². The highest BCUT2D eigenvalue weighted by molar-refractivity contribution is 7.91. The summed E-state index contributed by atoms with van der Waals surface area (Å²) >= 11 is 0. The zero-order valence-electron chi connectivity index (χ0n) is 11.4. The predicted molar refractivity (Wildman–Crippen MR) is 72.2 cm³/mol. The van der Waals surface area contributed by atoms with Gasteiger partial charge in [-0.15, -0.1) is 0 Å². The fourth-order valence-corrected chi connectivity index (χ4v) is 2.84. The fourth-order valence-electron chi connectivity index (χ4n) is 1.47. The van der Waals surface area contributed by atoms with Gasteiger partial charge in [0.15, 0.2) is 9.84 Å². The Kier molecular flexibility index (Phi) is 5.06. The lowest BCUT2D eigenvalue weighted by molar-refractivity contribution is 0.181. The van der Waals surface area contributed by atoms with E-state index in [1.54, 1.807) is 0 Å². The largest absolute Gasteiger partial charge is 0.391 e. The van der Waals surface area contributed by atoms with E-state index in [1.807, 2.05) is 20.8 Å². The molecule has 0 saturated heterocycles. The van der Waals surface area contributed by atoms with E-state index in [1.165, 1.54) is 12.1 Å². The minimum Gasteiger partial charge on any atom is -0.391 e. The molecule has 0 spiro atoms. The van der Waals surface area contributed by atoms with Gasteiger partial charge in [0, 0.05) is 12.1 Å². The van der Waals surface area contributed by atoms with Crippen LogP contribution in [0, 0.1) is 5.82 Å². The fraction of sp³-hybridized carbons (Fsp3) is 0.538. The number of hydrogen-bond acceptors (Lipinski definition) is 4. The lowest BCUT2D eigenvalue weighted by Gasteiger charge is -2.22. The van der Waals surface area contributed by atoms with Gasteiger partial charge in [0.1, 0.15) is 5.82 Å². The van der Waals surface area contributed by atoms with E-state index in [0.717, 1.165) is 12.1 Å². The van der Waals surface area contributed by atoms with Gasteiger partial charge in [0.05, 0.1) is 16.8 Å². The second kappa shape index (κ2) is 5.98. The standard InChI is InChI=1S/C13H20FNO3S/c1-13(2,3)15-8-11(16)9-19(17,18)12-6-4-10(14)5-7-12/h4-7,11,15-16H,8-9H2,1-3H3. The first-order valence-electron chi connectivity index (χ1n) is 6.01. The van der Waals surface area contributed by atoms with Gasteiger partial charge >= 0.3 is 0 Å². The first kappa shape index (κ1) is 16.1. The van der Waals surface area contributed by atoms with Crippen molar-refractivity contribution in [2.75, 3.05) is 12.3 Å². The number of rotatable bonds is 5. The van der Waals surface area contributed by atoms with E-state index in [0.29, 0.717) is 0 Å². The molecule has 1 unspecified atom stereocenters. The van der Waals surface area contributed by atoms with E-state index < -0.39 is 21.8 Å². The number of β-amino-alcohol motifs (C(OH)–C–C–N with tert-alkyl or cyclic N) is 1. The Hall–Kier alpha value is -0.980. The van der Waals surface area contributed by atoms with Crippen LogP contribution in [0.3, 0.4) is 0 Å². The molecule has 0 aliphatic heterocycles. The molecule has 0 bridgehead atoms. The number of aliphatic hydroxyl groups is 1. The van der Waals surface area contributed by atoms with Crippen LogP contribution in [-0.2, 0) is 9.84 Å². The summed E-state index contributed by atoms with van der Waals surface area (Å²) in [7, 11) is -3.60. The molecule has 0 aliphatic carbocycles. The quantitative estimate of drug-likeness (QED) is 0.803. The number of nitrogens with one attached hydrogen (secondary N) is 1. The molecule has 19 heavy (non-hydrogen) atoms. The third-order valence-electron chi connectivity index (χ3n) is 2.45. The Balaban J connectivity index is 2.67. The van der Waals surface area contributed by atoms with E-state index in [4.69, 9.17) is 0 Å². The summed E-state index contributed by atoms with van der Waals surface area (Å²) in [6.45, 7) is 5.96. The summed E-state index contributed by atoms with van der Waals surface area (Å²) in [5.74, 6) is -0.879. The van der Waals surface area contributed by atoms with Crippen LogP contribution in [0.1, 0.15) is 20.8 Å². The Morgan fingerprint density at radius 3 is 2.26 bits per heavy atom. The second-order valence-electron chi connectivity index (χ2n) is 5.52. The van der Waals surface area contributed by atoms with Crippen molar-refractivity contribution in [3.05, 3.63) is 30.1 Å².